The number of nitrogens with two attached hydrogens (primary N) is 1. The molecule has 1 unspecified atom stereocenters. The van der Waals surface area contributed by atoms with Gasteiger partial charge in [-0.05, 0) is 19.8 Å². The number of nitrogens with zero attached hydrogens (tertiary/aromatic N) is 2. The minimum absolute atomic E-state index is 0.262. The highest BCUT2D eigenvalue weighted by atomic mass is 32.2. The number of carboxylic acid groups (broad SMARTS) is 1. The third-order valence-corrected chi connectivity index (χ3v) is 3.52. The highest BCUT2D eigenvalue weighted by molar-refractivity contribution is 7.99. The second kappa shape index (κ2) is 5.37. The van der Waals surface area contributed by atoms with Gasteiger partial charge in [0.1, 0.15) is 5.54 Å². The zero-order chi connectivity index (χ0) is 13.1. The predicted molar refractivity (Wildman–Crippen MR) is 64.0 cm³/mol. The van der Waals surface area contributed by atoms with E-state index < -0.39 is 11.5 Å². The van der Waals surface area contributed by atoms with Crippen LogP contribution in [0.3, 0.4) is 0 Å². The topological polar surface area (TPSA) is 114 Å². The molecule has 0 aromatic carbocycles. The molecule has 0 bridgehead atoms. The van der Waals surface area contributed by atoms with Crippen LogP contribution in [0.4, 0.5) is 0 Å². The van der Waals surface area contributed by atoms with Crippen molar-refractivity contribution in [3.8, 4) is 0 Å². The monoisotopic (exact) mass is 260 g/mol. The van der Waals surface area contributed by atoms with Gasteiger partial charge in [-0.25, -0.2) is 9.89 Å². The minimum Gasteiger partial charge on any atom is -0.480 e. The first-order valence-electron chi connectivity index (χ1n) is 5.11. The number of aromatic amines is 1. The third-order valence-electron chi connectivity index (χ3n) is 2.40. The van der Waals surface area contributed by atoms with Crippen molar-refractivity contribution in [3.05, 3.63) is 10.5 Å². The summed E-state index contributed by atoms with van der Waals surface area (Å²) in [4.78, 5) is 21.8. The SMILES string of the molecule is Cn1c(SCCCC(C)(N)C(=O)O)n[nH]c1=O. The molecular weight excluding hydrogens is 244 g/mol. The van der Waals surface area contributed by atoms with Gasteiger partial charge in [0, 0.05) is 12.8 Å². The molecule has 96 valence electrons. The number of carboxylic acids is 1. The number of rotatable bonds is 6. The Bertz CT molecular complexity index is 451. The number of H-pyrrole nitrogens is 1. The number of aromatic nitrogens is 3. The molecule has 17 heavy (non-hydrogen) atoms. The summed E-state index contributed by atoms with van der Waals surface area (Å²) >= 11 is 1.39. The maximum atomic E-state index is 11.1. The van der Waals surface area contributed by atoms with Crippen LogP contribution in [-0.2, 0) is 11.8 Å². The Kier molecular flexibility index (Phi) is 4.35. The zero-order valence-corrected chi connectivity index (χ0v) is 10.6. The number of thioether (sulfide) groups is 1. The number of carbonyl (C=O) groups is 1. The van der Waals surface area contributed by atoms with Crippen LogP contribution in [0.5, 0.6) is 0 Å². The molecular formula is C9H16N4O3S. The van der Waals surface area contributed by atoms with Crippen LogP contribution in [0.25, 0.3) is 0 Å². The average Bonchev–Trinajstić information content (AvgIpc) is 2.55. The Hall–Kier alpha value is -1.28. The van der Waals surface area contributed by atoms with E-state index in [2.05, 4.69) is 10.2 Å². The third kappa shape index (κ3) is 3.60. The van der Waals surface area contributed by atoms with E-state index in [0.717, 1.165) is 0 Å². The van der Waals surface area contributed by atoms with Crippen molar-refractivity contribution in [3.63, 3.8) is 0 Å². The van der Waals surface area contributed by atoms with Crippen LogP contribution in [0.2, 0.25) is 0 Å². The smallest absolute Gasteiger partial charge is 0.343 e. The van der Waals surface area contributed by atoms with Crippen LogP contribution >= 0.6 is 11.8 Å². The zero-order valence-electron chi connectivity index (χ0n) is 9.77. The van der Waals surface area contributed by atoms with Gasteiger partial charge in [0.05, 0.1) is 0 Å². The molecule has 0 spiro atoms. The summed E-state index contributed by atoms with van der Waals surface area (Å²) in [5.41, 5.74) is 4.13. The van der Waals surface area contributed by atoms with Crippen molar-refractivity contribution >= 4 is 17.7 Å². The lowest BCUT2D eigenvalue weighted by molar-refractivity contribution is -0.142. The van der Waals surface area contributed by atoms with Gasteiger partial charge in [0.2, 0.25) is 0 Å². The van der Waals surface area contributed by atoms with Crippen molar-refractivity contribution in [1.82, 2.24) is 14.8 Å². The van der Waals surface area contributed by atoms with Crippen LogP contribution in [0, 0.1) is 0 Å². The van der Waals surface area contributed by atoms with Crippen molar-refractivity contribution in [2.45, 2.75) is 30.5 Å². The van der Waals surface area contributed by atoms with Gasteiger partial charge in [-0.15, -0.1) is 5.10 Å². The van der Waals surface area contributed by atoms with E-state index in [-0.39, 0.29) is 5.69 Å². The van der Waals surface area contributed by atoms with Crippen LogP contribution in [-0.4, -0.2) is 37.1 Å². The molecule has 0 aliphatic carbocycles. The van der Waals surface area contributed by atoms with E-state index in [9.17, 15) is 9.59 Å². The van der Waals surface area contributed by atoms with Crippen LogP contribution in [0.15, 0.2) is 9.95 Å². The van der Waals surface area contributed by atoms with E-state index in [1.807, 2.05) is 0 Å². The molecule has 1 heterocycles. The maximum absolute atomic E-state index is 11.1. The fraction of sp³-hybridized carbons (Fsp3) is 0.667. The van der Waals surface area contributed by atoms with Crippen molar-refractivity contribution in [1.29, 1.82) is 0 Å². The van der Waals surface area contributed by atoms with Gasteiger partial charge in [-0.2, -0.15) is 0 Å². The highest BCUT2D eigenvalue weighted by Crippen LogP contribution is 2.17. The van der Waals surface area contributed by atoms with E-state index in [1.165, 1.54) is 23.3 Å². The Morgan fingerprint density at radius 3 is 2.82 bits per heavy atom. The van der Waals surface area contributed by atoms with Gasteiger partial charge < -0.3 is 10.8 Å². The lowest BCUT2D eigenvalue weighted by atomic mass is 9.98. The van der Waals surface area contributed by atoms with Gasteiger partial charge in [0.25, 0.3) is 0 Å². The lowest BCUT2D eigenvalue weighted by Crippen LogP contribution is -2.44. The molecule has 0 amide bonds. The van der Waals surface area contributed by atoms with Gasteiger partial charge in [-0.3, -0.25) is 9.36 Å². The summed E-state index contributed by atoms with van der Waals surface area (Å²) in [6.07, 6.45) is 1.03. The number of hydrogen-bond acceptors (Lipinski definition) is 5. The molecule has 0 saturated heterocycles. The first-order chi connectivity index (χ1) is 7.84. The molecule has 8 heteroatoms. The number of nitrogens with one attached hydrogen (secondary N) is 1. The molecule has 4 N–H and O–H groups in total. The van der Waals surface area contributed by atoms with Crippen LogP contribution in [0.1, 0.15) is 19.8 Å². The Morgan fingerprint density at radius 2 is 2.35 bits per heavy atom. The summed E-state index contributed by atoms with van der Waals surface area (Å²) in [6.45, 7) is 1.49. The number of aliphatic carboxylic acids is 1. The van der Waals surface area contributed by atoms with Gasteiger partial charge in [0.15, 0.2) is 5.16 Å². The first-order valence-corrected chi connectivity index (χ1v) is 6.09. The normalized spacial score (nSPS) is 14.5. The first kappa shape index (κ1) is 13.8. The average molecular weight is 260 g/mol. The van der Waals surface area contributed by atoms with Gasteiger partial charge >= 0.3 is 11.7 Å². The van der Waals surface area contributed by atoms with Crippen molar-refractivity contribution in [2.75, 3.05) is 5.75 Å². The molecule has 7 nitrogen and oxygen atoms in total. The summed E-state index contributed by atoms with van der Waals surface area (Å²) in [5, 5.41) is 15.6. The van der Waals surface area contributed by atoms with E-state index in [0.29, 0.717) is 23.8 Å². The molecule has 1 rings (SSSR count). The van der Waals surface area contributed by atoms with Crippen LogP contribution < -0.4 is 11.4 Å². The molecule has 0 fully saturated rings. The molecule has 0 aliphatic rings. The second-order valence-electron chi connectivity index (χ2n) is 4.04. The fourth-order valence-electron chi connectivity index (χ4n) is 1.17. The quantitative estimate of drug-likeness (QED) is 0.481. The Balaban J connectivity index is 2.37. The summed E-state index contributed by atoms with van der Waals surface area (Å²) in [7, 11) is 1.62. The van der Waals surface area contributed by atoms with Gasteiger partial charge in [-0.1, -0.05) is 11.8 Å². The summed E-state index contributed by atoms with van der Waals surface area (Å²) in [5.74, 6) is -0.340. The highest BCUT2D eigenvalue weighted by Gasteiger charge is 2.26. The maximum Gasteiger partial charge on any atom is 0.343 e. The number of hydrogen-bond donors (Lipinski definition) is 3. The molecule has 0 saturated carbocycles. The minimum atomic E-state index is -1.20. The Morgan fingerprint density at radius 1 is 1.71 bits per heavy atom. The van der Waals surface area contributed by atoms with E-state index >= 15 is 0 Å². The second-order valence-corrected chi connectivity index (χ2v) is 5.11. The molecule has 0 radical (unpaired) electrons. The molecule has 0 aliphatic heterocycles. The fourth-order valence-corrected chi connectivity index (χ4v) is 2.03. The van der Waals surface area contributed by atoms with Crippen molar-refractivity contribution < 1.29 is 9.90 Å². The summed E-state index contributed by atoms with van der Waals surface area (Å²) in [6, 6.07) is 0. The Labute approximate surface area is 102 Å². The summed E-state index contributed by atoms with van der Waals surface area (Å²) < 4.78 is 1.41. The van der Waals surface area contributed by atoms with E-state index in [4.69, 9.17) is 10.8 Å². The predicted octanol–water partition coefficient (Wildman–Crippen LogP) is -0.217. The van der Waals surface area contributed by atoms with Crippen molar-refractivity contribution in [2.24, 2.45) is 12.8 Å². The van der Waals surface area contributed by atoms with E-state index in [1.54, 1.807) is 7.05 Å². The molecule has 1 aromatic rings. The lowest BCUT2D eigenvalue weighted by Gasteiger charge is -2.18. The molecule has 1 atom stereocenters. The molecule has 1 aromatic heterocycles. The largest absolute Gasteiger partial charge is 0.480 e. The standard InChI is InChI=1S/C9H16N4O3S/c1-9(10,6(14)15)4-3-5-17-8-12-11-7(16)13(8)2/h3-5,10H2,1-2H3,(H,11,16)(H,14,15).